The van der Waals surface area contributed by atoms with E-state index in [4.69, 9.17) is 5.73 Å². The Hall–Kier alpha value is -1.36. The number of amides is 1. The number of carbonyl (C=O) groups excluding carboxylic acids is 1. The lowest BCUT2D eigenvalue weighted by atomic mass is 10.2. The summed E-state index contributed by atoms with van der Waals surface area (Å²) in [4.78, 5) is 12.3. The Kier molecular flexibility index (Phi) is 5.34. The summed E-state index contributed by atoms with van der Waals surface area (Å²) in [6.07, 6.45) is 0. The van der Waals surface area contributed by atoms with Crippen molar-refractivity contribution in [2.75, 3.05) is 18.0 Å². The van der Waals surface area contributed by atoms with E-state index < -0.39 is 10.8 Å². The van der Waals surface area contributed by atoms with Crippen LogP contribution in [-0.2, 0) is 15.6 Å². The fraction of sp³-hybridized carbons (Fsp3) is 0.462. The molecule has 4 nitrogen and oxygen atoms in total. The molecular formula is C13H20N2O2S. The van der Waals surface area contributed by atoms with Gasteiger partial charge < -0.3 is 11.1 Å². The summed E-state index contributed by atoms with van der Waals surface area (Å²) >= 11 is 0. The third-order valence-electron chi connectivity index (χ3n) is 2.41. The van der Waals surface area contributed by atoms with Gasteiger partial charge in [0.2, 0.25) is 5.91 Å². The first kappa shape index (κ1) is 14.7. The summed E-state index contributed by atoms with van der Waals surface area (Å²) in [6, 6.07) is 5.18. The van der Waals surface area contributed by atoms with Crippen LogP contribution >= 0.6 is 0 Å². The van der Waals surface area contributed by atoms with Crippen molar-refractivity contribution in [1.29, 1.82) is 0 Å². The zero-order valence-electron chi connectivity index (χ0n) is 11.0. The first-order chi connectivity index (χ1) is 8.40. The van der Waals surface area contributed by atoms with Crippen molar-refractivity contribution in [1.82, 2.24) is 5.32 Å². The van der Waals surface area contributed by atoms with Crippen molar-refractivity contribution < 1.29 is 9.00 Å². The Labute approximate surface area is 110 Å². The molecule has 1 atom stereocenters. The van der Waals surface area contributed by atoms with Gasteiger partial charge in [0.15, 0.2) is 0 Å². The van der Waals surface area contributed by atoms with E-state index in [9.17, 15) is 9.00 Å². The molecule has 0 saturated carbocycles. The minimum atomic E-state index is -1.32. The highest BCUT2D eigenvalue weighted by Gasteiger charge is 2.12. The van der Waals surface area contributed by atoms with Gasteiger partial charge in [0.1, 0.15) is 5.75 Å². The predicted octanol–water partition coefficient (Wildman–Crippen LogP) is 1.46. The summed E-state index contributed by atoms with van der Waals surface area (Å²) in [7, 11) is -1.32. The van der Waals surface area contributed by atoms with E-state index in [0.29, 0.717) is 23.0 Å². The van der Waals surface area contributed by atoms with Crippen molar-refractivity contribution in [2.24, 2.45) is 5.92 Å². The Balaban J connectivity index is 2.62. The van der Waals surface area contributed by atoms with Crippen LogP contribution in [0.2, 0.25) is 0 Å². The van der Waals surface area contributed by atoms with Crippen LogP contribution < -0.4 is 11.1 Å². The number of nitrogens with two attached hydrogens (primary N) is 1. The molecule has 1 aromatic rings. The van der Waals surface area contributed by atoms with Crippen LogP contribution in [0.15, 0.2) is 23.1 Å². The Bertz CT molecular complexity index is 458. The zero-order valence-corrected chi connectivity index (χ0v) is 11.8. The Morgan fingerprint density at radius 1 is 1.44 bits per heavy atom. The maximum absolute atomic E-state index is 12.0. The largest absolute Gasteiger partial charge is 0.399 e. The van der Waals surface area contributed by atoms with Crippen LogP contribution in [0.3, 0.4) is 0 Å². The highest BCUT2D eigenvalue weighted by atomic mass is 32.2. The van der Waals surface area contributed by atoms with Crippen LogP contribution in [0.5, 0.6) is 0 Å². The minimum Gasteiger partial charge on any atom is -0.399 e. The van der Waals surface area contributed by atoms with Gasteiger partial charge in [0.05, 0.1) is 10.8 Å². The maximum atomic E-state index is 12.0. The van der Waals surface area contributed by atoms with Crippen molar-refractivity contribution in [3.8, 4) is 0 Å². The van der Waals surface area contributed by atoms with E-state index in [1.54, 1.807) is 18.2 Å². The molecule has 0 spiro atoms. The average molecular weight is 268 g/mol. The summed E-state index contributed by atoms with van der Waals surface area (Å²) in [5.41, 5.74) is 7.12. The van der Waals surface area contributed by atoms with Crippen LogP contribution in [0.4, 0.5) is 5.69 Å². The molecule has 0 aliphatic rings. The molecule has 1 unspecified atom stereocenters. The van der Waals surface area contributed by atoms with Gasteiger partial charge in [-0.15, -0.1) is 0 Å². The van der Waals surface area contributed by atoms with Crippen LogP contribution in [0, 0.1) is 12.8 Å². The van der Waals surface area contributed by atoms with E-state index in [0.717, 1.165) is 5.56 Å². The molecule has 100 valence electrons. The number of hydrogen-bond donors (Lipinski definition) is 2. The molecule has 1 aromatic carbocycles. The lowest BCUT2D eigenvalue weighted by Gasteiger charge is -2.09. The van der Waals surface area contributed by atoms with E-state index in [-0.39, 0.29) is 11.7 Å². The van der Waals surface area contributed by atoms with E-state index in [2.05, 4.69) is 5.32 Å². The molecule has 0 saturated heterocycles. The number of nitrogens with one attached hydrogen (secondary N) is 1. The molecule has 0 fully saturated rings. The maximum Gasteiger partial charge on any atom is 0.233 e. The highest BCUT2D eigenvalue weighted by molar-refractivity contribution is 7.85. The number of nitrogen functional groups attached to an aromatic ring is 1. The first-order valence-electron chi connectivity index (χ1n) is 5.91. The fourth-order valence-electron chi connectivity index (χ4n) is 1.49. The molecule has 1 rings (SSSR count). The lowest BCUT2D eigenvalue weighted by molar-refractivity contribution is -0.118. The Morgan fingerprint density at radius 3 is 2.67 bits per heavy atom. The number of carbonyl (C=O) groups is 1. The smallest absolute Gasteiger partial charge is 0.233 e. The number of hydrogen-bond acceptors (Lipinski definition) is 3. The third kappa shape index (κ3) is 4.49. The van der Waals surface area contributed by atoms with Crippen LogP contribution in [0.1, 0.15) is 19.4 Å². The van der Waals surface area contributed by atoms with Gasteiger partial charge >= 0.3 is 0 Å². The quantitative estimate of drug-likeness (QED) is 0.794. The van der Waals surface area contributed by atoms with Gasteiger partial charge in [-0.2, -0.15) is 0 Å². The molecule has 1 amide bonds. The second-order valence-electron chi connectivity index (χ2n) is 4.71. The first-order valence-corrected chi connectivity index (χ1v) is 7.23. The van der Waals surface area contributed by atoms with Gasteiger partial charge in [-0.3, -0.25) is 9.00 Å². The van der Waals surface area contributed by atoms with E-state index in [1.165, 1.54) is 0 Å². The molecule has 0 aromatic heterocycles. The molecule has 0 radical (unpaired) electrons. The summed E-state index contributed by atoms with van der Waals surface area (Å²) in [5.74, 6) is 0.205. The summed E-state index contributed by atoms with van der Waals surface area (Å²) < 4.78 is 12.0. The minimum absolute atomic E-state index is 0.00250. The predicted molar refractivity (Wildman–Crippen MR) is 74.7 cm³/mol. The monoisotopic (exact) mass is 268 g/mol. The average Bonchev–Trinajstić information content (AvgIpc) is 2.26. The van der Waals surface area contributed by atoms with E-state index in [1.807, 2.05) is 20.8 Å². The SMILES string of the molecule is Cc1cc(N)ccc1S(=O)CC(=O)NCC(C)C. The highest BCUT2D eigenvalue weighted by Crippen LogP contribution is 2.16. The van der Waals surface area contributed by atoms with Gasteiger partial charge in [-0.1, -0.05) is 13.8 Å². The molecule has 0 aliphatic heterocycles. The van der Waals surface area contributed by atoms with Crippen molar-refractivity contribution in [3.05, 3.63) is 23.8 Å². The second-order valence-corrected chi connectivity index (χ2v) is 6.13. The Morgan fingerprint density at radius 2 is 2.11 bits per heavy atom. The molecule has 3 N–H and O–H groups in total. The third-order valence-corrected chi connectivity index (χ3v) is 3.89. The molecule has 5 heteroatoms. The summed E-state index contributed by atoms with van der Waals surface area (Å²) in [5, 5.41) is 2.76. The number of benzene rings is 1. The number of anilines is 1. The molecular weight excluding hydrogens is 248 g/mol. The number of rotatable bonds is 5. The lowest BCUT2D eigenvalue weighted by Crippen LogP contribution is -2.31. The van der Waals surface area contributed by atoms with Crippen molar-refractivity contribution in [3.63, 3.8) is 0 Å². The fourth-order valence-corrected chi connectivity index (χ4v) is 2.63. The molecule has 0 bridgehead atoms. The summed E-state index contributed by atoms with van der Waals surface area (Å²) in [6.45, 7) is 6.48. The van der Waals surface area contributed by atoms with E-state index >= 15 is 0 Å². The van der Waals surface area contributed by atoms with Crippen molar-refractivity contribution >= 4 is 22.4 Å². The van der Waals surface area contributed by atoms with Crippen LogP contribution in [-0.4, -0.2) is 22.4 Å². The van der Waals surface area contributed by atoms with Gasteiger partial charge in [0.25, 0.3) is 0 Å². The molecule has 18 heavy (non-hydrogen) atoms. The van der Waals surface area contributed by atoms with Crippen molar-refractivity contribution in [2.45, 2.75) is 25.7 Å². The van der Waals surface area contributed by atoms with Gasteiger partial charge in [-0.25, -0.2) is 0 Å². The number of aryl methyl sites for hydroxylation is 1. The van der Waals surface area contributed by atoms with Crippen LogP contribution in [0.25, 0.3) is 0 Å². The zero-order chi connectivity index (χ0) is 13.7. The molecule has 0 heterocycles. The molecule has 0 aliphatic carbocycles. The second kappa shape index (κ2) is 6.54. The normalized spacial score (nSPS) is 12.4. The topological polar surface area (TPSA) is 72.2 Å². The standard InChI is InChI=1S/C13H20N2O2S/c1-9(2)7-15-13(16)8-18(17)12-5-4-11(14)6-10(12)3/h4-6,9H,7-8,14H2,1-3H3,(H,15,16). The van der Waals surface area contributed by atoms with Gasteiger partial charge in [0, 0.05) is 17.1 Å². The van der Waals surface area contributed by atoms with Gasteiger partial charge in [-0.05, 0) is 36.6 Å².